The van der Waals surface area contributed by atoms with Crippen LogP contribution in [0.4, 0.5) is 5.13 Å². The molecule has 0 aliphatic heterocycles. The molecule has 0 atom stereocenters. The maximum atomic E-state index is 12.1. The summed E-state index contributed by atoms with van der Waals surface area (Å²) in [6.45, 7) is 4.37. The Morgan fingerprint density at radius 2 is 1.92 bits per heavy atom. The van der Waals surface area contributed by atoms with E-state index in [0.717, 1.165) is 10.2 Å². The first-order valence-electron chi connectivity index (χ1n) is 7.67. The van der Waals surface area contributed by atoms with Gasteiger partial charge in [0.25, 0.3) is 5.91 Å². The number of thiazole rings is 1. The molecule has 0 bridgehead atoms. The summed E-state index contributed by atoms with van der Waals surface area (Å²) in [6, 6.07) is 13.3. The number of ether oxygens (including phenoxy) is 2. The van der Waals surface area contributed by atoms with Gasteiger partial charge in [-0.15, -0.1) is 0 Å². The zero-order valence-electron chi connectivity index (χ0n) is 13.5. The van der Waals surface area contributed by atoms with E-state index in [0.29, 0.717) is 23.2 Å². The highest BCUT2D eigenvalue weighted by Gasteiger charge is 2.10. The Balaban J connectivity index is 1.63. The quantitative estimate of drug-likeness (QED) is 0.735. The molecule has 0 aliphatic carbocycles. The Kier molecular flexibility index (Phi) is 4.96. The first kappa shape index (κ1) is 16.3. The number of aromatic nitrogens is 1. The third kappa shape index (κ3) is 3.83. The first-order valence-corrected chi connectivity index (χ1v) is 8.49. The fraction of sp³-hybridized carbons (Fsp3) is 0.222. The van der Waals surface area contributed by atoms with E-state index in [2.05, 4.69) is 16.4 Å². The van der Waals surface area contributed by atoms with Crippen molar-refractivity contribution in [2.24, 2.45) is 0 Å². The molecule has 5 nitrogen and oxygen atoms in total. The largest absolute Gasteiger partial charge is 0.490 e. The van der Waals surface area contributed by atoms with Gasteiger partial charge in [0, 0.05) is 0 Å². The lowest BCUT2D eigenvalue weighted by atomic mass is 10.2. The number of rotatable bonds is 6. The van der Waals surface area contributed by atoms with Crippen LogP contribution >= 0.6 is 11.3 Å². The number of amides is 1. The van der Waals surface area contributed by atoms with E-state index in [1.54, 1.807) is 6.07 Å². The standard InChI is InChI=1S/C18H18N2O3S/c1-3-22-14-6-4-5-7-15(14)23-11-17(21)20-18-19-13-9-8-12(2)10-16(13)24-18/h4-10H,3,11H2,1-2H3,(H,19,20,21). The Labute approximate surface area is 144 Å². The van der Waals surface area contributed by atoms with Crippen LogP contribution in [-0.4, -0.2) is 24.1 Å². The van der Waals surface area contributed by atoms with Crippen LogP contribution in [0.3, 0.4) is 0 Å². The van der Waals surface area contributed by atoms with Crippen molar-refractivity contribution in [1.29, 1.82) is 0 Å². The highest BCUT2D eigenvalue weighted by Crippen LogP contribution is 2.28. The van der Waals surface area contributed by atoms with Crippen LogP contribution in [-0.2, 0) is 4.79 Å². The summed E-state index contributed by atoms with van der Waals surface area (Å²) in [5.41, 5.74) is 2.04. The van der Waals surface area contributed by atoms with Gasteiger partial charge in [-0.05, 0) is 43.7 Å². The smallest absolute Gasteiger partial charge is 0.264 e. The number of benzene rings is 2. The molecule has 1 amide bonds. The van der Waals surface area contributed by atoms with Gasteiger partial charge in [-0.2, -0.15) is 0 Å². The molecule has 1 aromatic heterocycles. The van der Waals surface area contributed by atoms with Crippen molar-refractivity contribution >= 4 is 32.6 Å². The normalized spacial score (nSPS) is 10.6. The summed E-state index contributed by atoms with van der Waals surface area (Å²) in [5, 5.41) is 3.35. The molecule has 1 N–H and O–H groups in total. The lowest BCUT2D eigenvalue weighted by Gasteiger charge is -2.10. The second-order valence-corrected chi connectivity index (χ2v) is 6.24. The van der Waals surface area contributed by atoms with Crippen molar-refractivity contribution in [3.8, 4) is 11.5 Å². The number of carbonyl (C=O) groups is 1. The van der Waals surface area contributed by atoms with Crippen LogP contribution in [0, 0.1) is 6.92 Å². The lowest BCUT2D eigenvalue weighted by molar-refractivity contribution is -0.118. The number of hydrogen-bond donors (Lipinski definition) is 1. The lowest BCUT2D eigenvalue weighted by Crippen LogP contribution is -2.20. The van der Waals surface area contributed by atoms with Gasteiger partial charge in [0.15, 0.2) is 23.2 Å². The highest BCUT2D eigenvalue weighted by molar-refractivity contribution is 7.22. The van der Waals surface area contributed by atoms with Crippen molar-refractivity contribution in [3.05, 3.63) is 48.0 Å². The number of anilines is 1. The molecule has 0 spiro atoms. The van der Waals surface area contributed by atoms with E-state index in [1.807, 2.05) is 44.2 Å². The summed E-state index contributed by atoms with van der Waals surface area (Å²) < 4.78 is 12.1. The molecule has 0 fully saturated rings. The summed E-state index contributed by atoms with van der Waals surface area (Å²) in [4.78, 5) is 16.5. The van der Waals surface area contributed by atoms with Gasteiger partial charge in [0.05, 0.1) is 16.8 Å². The summed E-state index contributed by atoms with van der Waals surface area (Å²) in [5.74, 6) is 0.926. The Hall–Kier alpha value is -2.60. The maximum absolute atomic E-state index is 12.1. The number of para-hydroxylation sites is 2. The van der Waals surface area contributed by atoms with Crippen LogP contribution in [0.25, 0.3) is 10.2 Å². The molecule has 3 aromatic rings. The van der Waals surface area contributed by atoms with Crippen molar-refractivity contribution in [3.63, 3.8) is 0 Å². The molecule has 1 heterocycles. The van der Waals surface area contributed by atoms with Gasteiger partial charge in [-0.1, -0.05) is 29.5 Å². The van der Waals surface area contributed by atoms with Crippen molar-refractivity contribution in [2.45, 2.75) is 13.8 Å². The average Bonchev–Trinajstić information content (AvgIpc) is 2.95. The number of fused-ring (bicyclic) bond motifs is 1. The van der Waals surface area contributed by atoms with Crippen molar-refractivity contribution in [1.82, 2.24) is 4.98 Å². The van der Waals surface area contributed by atoms with Gasteiger partial charge < -0.3 is 9.47 Å². The second-order valence-electron chi connectivity index (χ2n) is 5.21. The predicted molar refractivity (Wildman–Crippen MR) is 96.1 cm³/mol. The van der Waals surface area contributed by atoms with Crippen LogP contribution in [0.2, 0.25) is 0 Å². The molecule has 6 heteroatoms. The number of nitrogens with one attached hydrogen (secondary N) is 1. The minimum atomic E-state index is -0.253. The molecule has 3 rings (SSSR count). The molecule has 124 valence electrons. The molecule has 0 aliphatic rings. The maximum Gasteiger partial charge on any atom is 0.264 e. The van der Waals surface area contributed by atoms with Gasteiger partial charge >= 0.3 is 0 Å². The molecule has 0 saturated heterocycles. The van der Waals surface area contributed by atoms with Gasteiger partial charge in [0.1, 0.15) is 0 Å². The zero-order valence-corrected chi connectivity index (χ0v) is 14.4. The molecule has 0 unspecified atom stereocenters. The minimum absolute atomic E-state index is 0.0982. The number of nitrogens with zero attached hydrogens (tertiary/aromatic N) is 1. The van der Waals surface area contributed by atoms with E-state index >= 15 is 0 Å². The van der Waals surface area contributed by atoms with Crippen molar-refractivity contribution < 1.29 is 14.3 Å². The van der Waals surface area contributed by atoms with E-state index in [-0.39, 0.29) is 12.5 Å². The fourth-order valence-corrected chi connectivity index (χ4v) is 3.21. The van der Waals surface area contributed by atoms with E-state index in [9.17, 15) is 4.79 Å². The molecule has 24 heavy (non-hydrogen) atoms. The number of hydrogen-bond acceptors (Lipinski definition) is 5. The zero-order chi connectivity index (χ0) is 16.9. The van der Waals surface area contributed by atoms with Crippen molar-refractivity contribution in [2.75, 3.05) is 18.5 Å². The Morgan fingerprint density at radius 3 is 2.67 bits per heavy atom. The second kappa shape index (κ2) is 7.31. The Morgan fingerprint density at radius 1 is 1.17 bits per heavy atom. The molecular weight excluding hydrogens is 324 g/mol. The molecule has 0 saturated carbocycles. The molecule has 2 aromatic carbocycles. The van der Waals surface area contributed by atoms with E-state index < -0.39 is 0 Å². The average molecular weight is 342 g/mol. The van der Waals surface area contributed by atoms with E-state index in [1.165, 1.54) is 16.9 Å². The molecular formula is C18H18N2O3S. The third-order valence-corrected chi connectivity index (χ3v) is 4.23. The predicted octanol–water partition coefficient (Wildman–Crippen LogP) is 4.02. The number of carbonyl (C=O) groups excluding carboxylic acids is 1. The fourth-order valence-electron chi connectivity index (χ4n) is 2.23. The number of aryl methyl sites for hydroxylation is 1. The van der Waals surface area contributed by atoms with Crippen LogP contribution in [0.1, 0.15) is 12.5 Å². The third-order valence-electron chi connectivity index (χ3n) is 3.30. The first-order chi connectivity index (χ1) is 11.7. The summed E-state index contributed by atoms with van der Waals surface area (Å²) >= 11 is 1.45. The van der Waals surface area contributed by atoms with Gasteiger partial charge in [0.2, 0.25) is 0 Å². The van der Waals surface area contributed by atoms with Crippen LogP contribution < -0.4 is 14.8 Å². The summed E-state index contributed by atoms with van der Waals surface area (Å²) in [7, 11) is 0. The van der Waals surface area contributed by atoms with E-state index in [4.69, 9.17) is 9.47 Å². The van der Waals surface area contributed by atoms with Gasteiger partial charge in [-0.25, -0.2) is 4.98 Å². The Bertz CT molecular complexity index is 860. The monoisotopic (exact) mass is 342 g/mol. The van der Waals surface area contributed by atoms with Gasteiger partial charge in [-0.3, -0.25) is 10.1 Å². The van der Waals surface area contributed by atoms with Crippen LogP contribution in [0.5, 0.6) is 11.5 Å². The SMILES string of the molecule is CCOc1ccccc1OCC(=O)Nc1nc2ccc(C)cc2s1. The summed E-state index contributed by atoms with van der Waals surface area (Å²) in [6.07, 6.45) is 0. The van der Waals surface area contributed by atoms with Crippen LogP contribution in [0.15, 0.2) is 42.5 Å². The highest BCUT2D eigenvalue weighted by atomic mass is 32.1. The minimum Gasteiger partial charge on any atom is -0.490 e. The topological polar surface area (TPSA) is 60.5 Å². The molecule has 0 radical (unpaired) electrons.